The maximum Gasteiger partial charge on any atom is 0.315 e. The minimum absolute atomic E-state index is 0.0436. The number of urea groups is 1. The van der Waals surface area contributed by atoms with Crippen LogP contribution in [-0.2, 0) is 16.4 Å². The molecule has 2 amide bonds. The Bertz CT molecular complexity index is 596. The molecule has 0 spiro atoms. The first kappa shape index (κ1) is 17.7. The van der Waals surface area contributed by atoms with Crippen molar-refractivity contribution in [2.45, 2.75) is 31.7 Å². The number of carbonyl (C=O) groups excluding carboxylic acids is 1. The summed E-state index contributed by atoms with van der Waals surface area (Å²) >= 11 is 0. The lowest BCUT2D eigenvalue weighted by atomic mass is 10.1. The van der Waals surface area contributed by atoms with Gasteiger partial charge in [0.05, 0.1) is 6.26 Å². The first-order valence-electron chi connectivity index (χ1n) is 7.98. The van der Waals surface area contributed by atoms with Gasteiger partial charge in [0.15, 0.2) is 0 Å². The molecule has 0 bridgehead atoms. The van der Waals surface area contributed by atoms with Gasteiger partial charge in [-0.2, -0.15) is 0 Å². The van der Waals surface area contributed by atoms with E-state index in [1.807, 2.05) is 18.2 Å². The third-order valence-corrected chi connectivity index (χ3v) is 5.33. The van der Waals surface area contributed by atoms with Crippen LogP contribution in [0.2, 0.25) is 0 Å². The van der Waals surface area contributed by atoms with Crippen LogP contribution in [0.5, 0.6) is 0 Å². The second-order valence-electron chi connectivity index (χ2n) is 5.93. The Balaban J connectivity index is 1.60. The van der Waals surface area contributed by atoms with Crippen LogP contribution in [0.4, 0.5) is 4.79 Å². The quantitative estimate of drug-likeness (QED) is 0.768. The fraction of sp³-hybridized carbons (Fsp3) is 0.562. The summed E-state index contributed by atoms with van der Waals surface area (Å²) in [5, 5.41) is 5.78. The predicted octanol–water partition coefficient (Wildman–Crippen LogP) is 1.34. The van der Waals surface area contributed by atoms with E-state index in [2.05, 4.69) is 22.8 Å². The van der Waals surface area contributed by atoms with E-state index < -0.39 is 10.0 Å². The van der Waals surface area contributed by atoms with Crippen molar-refractivity contribution in [1.29, 1.82) is 0 Å². The van der Waals surface area contributed by atoms with E-state index in [9.17, 15) is 13.2 Å². The Labute approximate surface area is 138 Å². The van der Waals surface area contributed by atoms with Crippen LogP contribution in [0.1, 0.15) is 24.8 Å². The number of rotatable bonds is 6. The van der Waals surface area contributed by atoms with Crippen LogP contribution in [0.25, 0.3) is 0 Å². The van der Waals surface area contributed by atoms with Crippen molar-refractivity contribution < 1.29 is 13.2 Å². The number of hydrogen-bond donors (Lipinski definition) is 2. The molecule has 2 N–H and O–H groups in total. The average molecular weight is 339 g/mol. The maximum absolute atomic E-state index is 11.8. The summed E-state index contributed by atoms with van der Waals surface area (Å²) in [6.07, 6.45) is 4.37. The molecule has 0 aliphatic carbocycles. The summed E-state index contributed by atoms with van der Waals surface area (Å²) in [4.78, 5) is 11.8. The average Bonchev–Trinajstić information content (AvgIpc) is 2.52. The zero-order chi connectivity index (χ0) is 16.7. The molecule has 1 aromatic carbocycles. The number of amides is 2. The summed E-state index contributed by atoms with van der Waals surface area (Å²) in [7, 11) is -3.12. The Hall–Kier alpha value is -1.60. The van der Waals surface area contributed by atoms with Crippen molar-refractivity contribution in [2.75, 3.05) is 25.9 Å². The zero-order valence-corrected chi connectivity index (χ0v) is 14.3. The van der Waals surface area contributed by atoms with E-state index in [1.165, 1.54) is 16.1 Å². The van der Waals surface area contributed by atoms with Gasteiger partial charge in [0.1, 0.15) is 0 Å². The molecule has 0 radical (unpaired) electrons. The number of nitrogens with one attached hydrogen (secondary N) is 2. The zero-order valence-electron chi connectivity index (χ0n) is 13.5. The SMILES string of the molecule is CS(=O)(=O)N1CCC(NC(=O)NCCCc2ccccc2)CC1. The molecule has 23 heavy (non-hydrogen) atoms. The monoisotopic (exact) mass is 339 g/mol. The van der Waals surface area contributed by atoms with Gasteiger partial charge in [0.2, 0.25) is 10.0 Å². The highest BCUT2D eigenvalue weighted by Gasteiger charge is 2.25. The summed E-state index contributed by atoms with van der Waals surface area (Å²) in [6, 6.07) is 10.0. The van der Waals surface area contributed by atoms with Gasteiger partial charge in [0.25, 0.3) is 0 Å². The molecule has 0 atom stereocenters. The Morgan fingerprint density at radius 2 is 1.87 bits per heavy atom. The van der Waals surface area contributed by atoms with E-state index in [0.717, 1.165) is 12.8 Å². The molecule has 6 nitrogen and oxygen atoms in total. The van der Waals surface area contributed by atoms with E-state index >= 15 is 0 Å². The molecule has 1 fully saturated rings. The normalized spacial score (nSPS) is 16.9. The third kappa shape index (κ3) is 6.19. The lowest BCUT2D eigenvalue weighted by molar-refractivity contribution is 0.227. The molecule has 0 saturated carbocycles. The molecule has 1 aliphatic rings. The van der Waals surface area contributed by atoms with Crippen LogP contribution in [0, 0.1) is 0 Å². The number of piperidine rings is 1. The first-order valence-corrected chi connectivity index (χ1v) is 9.83. The number of carbonyl (C=O) groups is 1. The van der Waals surface area contributed by atoms with Crippen LogP contribution < -0.4 is 10.6 Å². The molecule has 1 aromatic rings. The van der Waals surface area contributed by atoms with Crippen molar-refractivity contribution in [3.8, 4) is 0 Å². The maximum atomic E-state index is 11.8. The van der Waals surface area contributed by atoms with Crippen molar-refractivity contribution in [1.82, 2.24) is 14.9 Å². The van der Waals surface area contributed by atoms with Crippen LogP contribution in [-0.4, -0.2) is 50.7 Å². The van der Waals surface area contributed by atoms with Gasteiger partial charge in [-0.15, -0.1) is 0 Å². The number of nitrogens with zero attached hydrogens (tertiary/aromatic N) is 1. The topological polar surface area (TPSA) is 78.5 Å². The molecule has 1 saturated heterocycles. The fourth-order valence-corrected chi connectivity index (χ4v) is 3.58. The van der Waals surface area contributed by atoms with E-state index in [-0.39, 0.29) is 12.1 Å². The highest BCUT2D eigenvalue weighted by molar-refractivity contribution is 7.88. The highest BCUT2D eigenvalue weighted by Crippen LogP contribution is 2.12. The Kier molecular flexibility index (Phi) is 6.41. The molecular formula is C16H25N3O3S. The highest BCUT2D eigenvalue weighted by atomic mass is 32.2. The summed E-state index contributed by atoms with van der Waals surface area (Å²) in [6.45, 7) is 1.57. The smallest absolute Gasteiger partial charge is 0.315 e. The largest absolute Gasteiger partial charge is 0.338 e. The van der Waals surface area contributed by atoms with Gasteiger partial charge < -0.3 is 10.6 Å². The number of sulfonamides is 1. The fourth-order valence-electron chi connectivity index (χ4n) is 2.71. The van der Waals surface area contributed by atoms with Crippen molar-refractivity contribution in [3.63, 3.8) is 0 Å². The summed E-state index contributed by atoms with van der Waals surface area (Å²) in [5.74, 6) is 0. The van der Waals surface area contributed by atoms with Crippen LogP contribution in [0.3, 0.4) is 0 Å². The standard InChI is InChI=1S/C16H25N3O3S/c1-23(21,22)19-12-9-15(10-13-19)18-16(20)17-11-5-8-14-6-3-2-4-7-14/h2-4,6-7,15H,5,8-13H2,1H3,(H2,17,18,20). The second kappa shape index (κ2) is 8.31. The molecule has 2 rings (SSSR count). The van der Waals surface area contributed by atoms with Gasteiger partial charge in [0, 0.05) is 25.7 Å². The third-order valence-electron chi connectivity index (χ3n) is 4.03. The van der Waals surface area contributed by atoms with Gasteiger partial charge in [-0.05, 0) is 31.2 Å². The van der Waals surface area contributed by atoms with Crippen molar-refractivity contribution >= 4 is 16.1 Å². The van der Waals surface area contributed by atoms with Crippen molar-refractivity contribution in [2.24, 2.45) is 0 Å². The molecule has 1 aliphatic heterocycles. The summed E-state index contributed by atoms with van der Waals surface area (Å²) in [5.41, 5.74) is 1.27. The molecule has 7 heteroatoms. The number of hydrogen-bond acceptors (Lipinski definition) is 3. The minimum atomic E-state index is -3.12. The Morgan fingerprint density at radius 3 is 2.48 bits per heavy atom. The minimum Gasteiger partial charge on any atom is -0.338 e. The molecule has 128 valence electrons. The van der Waals surface area contributed by atoms with Gasteiger partial charge in [-0.25, -0.2) is 17.5 Å². The summed E-state index contributed by atoms with van der Waals surface area (Å²) < 4.78 is 24.3. The van der Waals surface area contributed by atoms with Crippen LogP contribution >= 0.6 is 0 Å². The first-order chi connectivity index (χ1) is 10.9. The van der Waals surface area contributed by atoms with Crippen LogP contribution in [0.15, 0.2) is 30.3 Å². The second-order valence-corrected chi connectivity index (χ2v) is 7.91. The van der Waals surface area contributed by atoms with Gasteiger partial charge in [-0.1, -0.05) is 30.3 Å². The number of benzene rings is 1. The van der Waals surface area contributed by atoms with Gasteiger partial charge >= 0.3 is 6.03 Å². The van der Waals surface area contributed by atoms with Crippen molar-refractivity contribution in [3.05, 3.63) is 35.9 Å². The molecule has 0 aromatic heterocycles. The predicted molar refractivity (Wildman–Crippen MR) is 90.7 cm³/mol. The van der Waals surface area contributed by atoms with E-state index in [4.69, 9.17) is 0 Å². The van der Waals surface area contributed by atoms with E-state index in [0.29, 0.717) is 32.5 Å². The Morgan fingerprint density at radius 1 is 1.22 bits per heavy atom. The molecule has 0 unspecified atom stereocenters. The lowest BCUT2D eigenvalue weighted by Gasteiger charge is -2.30. The lowest BCUT2D eigenvalue weighted by Crippen LogP contribution is -2.49. The number of aryl methyl sites for hydroxylation is 1. The van der Waals surface area contributed by atoms with E-state index in [1.54, 1.807) is 0 Å². The van der Waals surface area contributed by atoms with Gasteiger partial charge in [-0.3, -0.25) is 0 Å². The molecule has 1 heterocycles. The molecular weight excluding hydrogens is 314 g/mol.